The number of nitrogens with one attached hydrogen (secondary N) is 2. The van der Waals surface area contributed by atoms with Crippen molar-refractivity contribution in [3.05, 3.63) is 53.0 Å². The van der Waals surface area contributed by atoms with Crippen LogP contribution in [0.5, 0.6) is 0 Å². The summed E-state index contributed by atoms with van der Waals surface area (Å²) in [4.78, 5) is 23.5. The van der Waals surface area contributed by atoms with Gasteiger partial charge in [-0.1, -0.05) is 59.2 Å². The van der Waals surface area contributed by atoms with Crippen LogP contribution in [0.4, 0.5) is 0 Å². The molecule has 0 radical (unpaired) electrons. The standard InChI is InChI=1S/C36H57N6O4PSi2/c1-25(2)34-30-21-29(11-12-32(30)39-35(34)31-22-42-36(37-24-38-42)27(4)26(31)3)28-13-15-41(16-14-28)23-33(43)40-47(44,45-17-19-48(5,6)7)46-18-20-49(8,9)10/h11-12,21-22,24-25,28,39H,13-20,23H2,1-10H3,(H,40,43,44). The number of hydrogen-bond acceptors (Lipinski definition) is 7. The van der Waals surface area contributed by atoms with Crippen molar-refractivity contribution in [2.75, 3.05) is 32.8 Å². The molecule has 0 aliphatic carbocycles. The second-order valence-corrected chi connectivity index (χ2v) is 29.5. The van der Waals surface area contributed by atoms with Gasteiger partial charge in [-0.15, -0.1) is 0 Å². The highest BCUT2D eigenvalue weighted by atomic mass is 31.2. The molecular weight excluding hydrogens is 668 g/mol. The summed E-state index contributed by atoms with van der Waals surface area (Å²) in [6.45, 7) is 24.7. The molecule has 10 nitrogen and oxygen atoms in total. The lowest BCUT2D eigenvalue weighted by atomic mass is 9.87. The molecule has 1 amide bonds. The van der Waals surface area contributed by atoms with Crippen molar-refractivity contribution >= 4 is 46.4 Å². The van der Waals surface area contributed by atoms with Gasteiger partial charge in [-0.25, -0.2) is 14.1 Å². The van der Waals surface area contributed by atoms with E-state index in [1.807, 2.05) is 4.52 Å². The Morgan fingerprint density at radius 1 is 1.02 bits per heavy atom. The van der Waals surface area contributed by atoms with Crippen molar-refractivity contribution < 1.29 is 18.4 Å². The van der Waals surface area contributed by atoms with Crippen LogP contribution in [0.2, 0.25) is 51.4 Å². The van der Waals surface area contributed by atoms with Crippen LogP contribution in [0, 0.1) is 13.8 Å². The molecule has 4 heterocycles. The van der Waals surface area contributed by atoms with E-state index in [1.54, 1.807) is 6.33 Å². The predicted molar refractivity (Wildman–Crippen MR) is 206 cm³/mol. The van der Waals surface area contributed by atoms with Crippen molar-refractivity contribution in [2.45, 2.75) is 104 Å². The molecule has 1 aliphatic heterocycles. The highest BCUT2D eigenvalue weighted by molar-refractivity contribution is 7.52. The molecular formula is C36H57N6O4PSi2. The number of carbonyl (C=O) groups is 1. The van der Waals surface area contributed by atoms with Gasteiger partial charge in [0.25, 0.3) is 0 Å². The quantitative estimate of drug-likeness (QED) is 0.0988. The third kappa shape index (κ3) is 9.39. The largest absolute Gasteiger partial charge is 0.434 e. The molecule has 268 valence electrons. The molecule has 1 saturated heterocycles. The minimum absolute atomic E-state index is 0.179. The molecule has 0 atom stereocenters. The lowest BCUT2D eigenvalue weighted by Gasteiger charge is -2.32. The normalized spacial score (nSPS) is 15.6. The summed E-state index contributed by atoms with van der Waals surface area (Å²) in [5.41, 5.74) is 9.31. The van der Waals surface area contributed by atoms with Gasteiger partial charge in [0.1, 0.15) is 6.33 Å². The number of nitrogens with zero attached hydrogens (tertiary/aromatic N) is 4. The Bertz CT molecular complexity index is 1810. The number of hydrogen-bond donors (Lipinski definition) is 2. The first-order chi connectivity index (χ1) is 22.9. The van der Waals surface area contributed by atoms with Gasteiger partial charge in [-0.2, -0.15) is 5.10 Å². The fraction of sp³-hybridized carbons (Fsp3) is 0.583. The summed E-state index contributed by atoms with van der Waals surface area (Å²) in [7, 11) is -6.54. The second kappa shape index (κ2) is 14.9. The van der Waals surface area contributed by atoms with Crippen LogP contribution in [-0.4, -0.2) is 79.4 Å². The zero-order valence-corrected chi connectivity index (χ0v) is 34.2. The maximum atomic E-state index is 13.7. The van der Waals surface area contributed by atoms with Crippen molar-refractivity contribution in [1.82, 2.24) is 29.6 Å². The first kappa shape index (κ1) is 37.6. The van der Waals surface area contributed by atoms with Crippen LogP contribution in [0.25, 0.3) is 27.8 Å². The minimum atomic E-state index is -3.74. The van der Waals surface area contributed by atoms with E-state index in [9.17, 15) is 9.36 Å². The van der Waals surface area contributed by atoms with E-state index in [4.69, 9.17) is 9.05 Å². The van der Waals surface area contributed by atoms with Crippen molar-refractivity contribution in [3.8, 4) is 11.3 Å². The molecule has 2 N–H and O–H groups in total. The summed E-state index contributed by atoms with van der Waals surface area (Å²) in [5.74, 6) is 0.416. The van der Waals surface area contributed by atoms with Crippen LogP contribution in [0.1, 0.15) is 60.8 Å². The van der Waals surface area contributed by atoms with E-state index >= 15 is 0 Å². The number of carbonyl (C=O) groups excluding carboxylic acids is 1. The van der Waals surface area contributed by atoms with E-state index in [0.29, 0.717) is 25.0 Å². The monoisotopic (exact) mass is 724 g/mol. The van der Waals surface area contributed by atoms with Crippen molar-refractivity contribution in [2.24, 2.45) is 0 Å². The van der Waals surface area contributed by atoms with Crippen LogP contribution in [0.15, 0.2) is 30.7 Å². The van der Waals surface area contributed by atoms with E-state index in [1.165, 1.54) is 22.1 Å². The van der Waals surface area contributed by atoms with E-state index in [2.05, 4.69) is 116 Å². The maximum Gasteiger partial charge on any atom is 0.434 e. The lowest BCUT2D eigenvalue weighted by molar-refractivity contribution is -0.121. The molecule has 1 aliphatic rings. The number of rotatable bonds is 14. The summed E-state index contributed by atoms with van der Waals surface area (Å²) in [6.07, 6.45) is 5.60. The van der Waals surface area contributed by atoms with Crippen molar-refractivity contribution in [1.29, 1.82) is 0 Å². The highest BCUT2D eigenvalue weighted by Crippen LogP contribution is 2.45. The summed E-state index contributed by atoms with van der Waals surface area (Å²) in [5, 5.41) is 8.37. The lowest BCUT2D eigenvalue weighted by Crippen LogP contribution is -2.40. The third-order valence-electron chi connectivity index (χ3n) is 9.75. The maximum absolute atomic E-state index is 13.7. The van der Waals surface area contributed by atoms with Gasteiger partial charge >= 0.3 is 7.75 Å². The van der Waals surface area contributed by atoms with E-state index in [0.717, 1.165) is 66.0 Å². The summed E-state index contributed by atoms with van der Waals surface area (Å²) < 4.78 is 27.1. The Balaban J connectivity index is 1.25. The minimum Gasteiger partial charge on any atom is -0.354 e. The Labute approximate surface area is 294 Å². The predicted octanol–water partition coefficient (Wildman–Crippen LogP) is 8.73. The second-order valence-electron chi connectivity index (χ2n) is 16.6. The molecule has 3 aromatic heterocycles. The Morgan fingerprint density at radius 3 is 2.24 bits per heavy atom. The van der Waals surface area contributed by atoms with Crippen LogP contribution >= 0.6 is 7.75 Å². The van der Waals surface area contributed by atoms with Crippen LogP contribution in [-0.2, 0) is 18.4 Å². The van der Waals surface area contributed by atoms with Gasteiger partial charge in [-0.3, -0.25) is 23.8 Å². The first-order valence-corrected chi connectivity index (χ1v) is 26.8. The fourth-order valence-electron chi connectivity index (χ4n) is 6.61. The van der Waals surface area contributed by atoms with Crippen molar-refractivity contribution in [3.63, 3.8) is 0 Å². The van der Waals surface area contributed by atoms with Gasteiger partial charge < -0.3 is 4.98 Å². The zero-order valence-electron chi connectivity index (χ0n) is 31.3. The molecule has 1 fully saturated rings. The molecule has 0 unspecified atom stereocenters. The molecule has 5 rings (SSSR count). The number of aromatic amines is 1. The van der Waals surface area contributed by atoms with Gasteiger partial charge in [0.2, 0.25) is 5.91 Å². The van der Waals surface area contributed by atoms with Crippen LogP contribution < -0.4 is 5.09 Å². The number of aryl methyl sites for hydroxylation is 1. The van der Waals surface area contributed by atoms with Crippen LogP contribution in [0.3, 0.4) is 0 Å². The molecule has 49 heavy (non-hydrogen) atoms. The Hall–Kier alpha value is -2.61. The topological polar surface area (TPSA) is 114 Å². The van der Waals surface area contributed by atoms with Gasteiger partial charge in [0, 0.05) is 38.8 Å². The number of H-pyrrole nitrogens is 1. The number of aromatic nitrogens is 4. The van der Waals surface area contributed by atoms with E-state index < -0.39 is 23.9 Å². The van der Waals surface area contributed by atoms with Gasteiger partial charge in [-0.05, 0) is 98.1 Å². The fourth-order valence-corrected chi connectivity index (χ4v) is 9.63. The average molecular weight is 725 g/mol. The number of pyridine rings is 1. The number of amides is 1. The molecule has 0 bridgehead atoms. The SMILES string of the molecule is Cc1c(-c2[nH]c3ccc(C4CCN(CC(=O)NP(=O)(OCC[Si](C)(C)C)OCC[Si](C)(C)C)CC4)cc3c2C(C)C)cn2ncnc2c1C. The molecule has 1 aromatic carbocycles. The Kier molecular flexibility index (Phi) is 11.5. The average Bonchev–Trinajstić information content (AvgIpc) is 3.62. The molecule has 13 heteroatoms. The summed E-state index contributed by atoms with van der Waals surface area (Å²) in [6, 6.07) is 8.55. The number of piperidine rings is 1. The molecule has 4 aromatic rings. The van der Waals surface area contributed by atoms with Gasteiger partial charge in [0.15, 0.2) is 5.65 Å². The third-order valence-corrected chi connectivity index (χ3v) is 14.7. The summed E-state index contributed by atoms with van der Waals surface area (Å²) >= 11 is 0. The number of benzene rings is 1. The number of fused-ring (bicyclic) bond motifs is 2. The molecule has 0 spiro atoms. The zero-order chi connectivity index (χ0) is 35.7. The smallest absolute Gasteiger partial charge is 0.354 e. The molecule has 0 saturated carbocycles. The number of likely N-dealkylation sites (tertiary alicyclic amines) is 1. The first-order valence-electron chi connectivity index (χ1n) is 17.8. The van der Waals surface area contributed by atoms with E-state index in [-0.39, 0.29) is 12.5 Å². The van der Waals surface area contributed by atoms with Gasteiger partial charge in [0.05, 0.1) is 25.5 Å². The highest BCUT2D eigenvalue weighted by Gasteiger charge is 2.31. The Morgan fingerprint density at radius 2 is 1.65 bits per heavy atom.